The Morgan fingerprint density at radius 1 is 0.280 bits per heavy atom. The average molecular weight is 1040 g/mol. The third-order valence-corrected chi connectivity index (χ3v) is 12.3. The van der Waals surface area contributed by atoms with E-state index in [1.165, 1.54) is 77.0 Å². The van der Waals surface area contributed by atoms with Gasteiger partial charge in [-0.05, 0) is 135 Å². The highest BCUT2D eigenvalue weighted by Crippen LogP contribution is 2.13. The average Bonchev–Trinajstić information content (AvgIpc) is 3.41. The van der Waals surface area contributed by atoms with Crippen molar-refractivity contribution in [1.29, 1.82) is 0 Å². The first-order valence-electron chi connectivity index (χ1n) is 30.3. The van der Waals surface area contributed by atoms with E-state index >= 15 is 0 Å². The summed E-state index contributed by atoms with van der Waals surface area (Å²) in [7, 11) is 0. The zero-order valence-electron chi connectivity index (χ0n) is 48.3. The summed E-state index contributed by atoms with van der Waals surface area (Å²) in [6, 6.07) is 0. The molecule has 0 aromatic carbocycles. The fraction of sp³-hybridized carbons (Fsp3) is 0.609. The van der Waals surface area contributed by atoms with Crippen molar-refractivity contribution in [2.75, 3.05) is 13.2 Å². The molecule has 0 fully saturated rings. The fourth-order valence-electron chi connectivity index (χ4n) is 7.78. The molecule has 1 unspecified atom stereocenters. The summed E-state index contributed by atoms with van der Waals surface area (Å²) in [5, 5.41) is 0. The maximum atomic E-state index is 12.9. The van der Waals surface area contributed by atoms with Crippen LogP contribution in [0, 0.1) is 0 Å². The molecule has 0 aliphatic heterocycles. The molecule has 75 heavy (non-hydrogen) atoms. The summed E-state index contributed by atoms with van der Waals surface area (Å²) in [4.78, 5) is 38.3. The van der Waals surface area contributed by atoms with E-state index in [2.05, 4.69) is 161 Å². The molecule has 0 rings (SSSR count). The van der Waals surface area contributed by atoms with E-state index in [1.807, 2.05) is 6.08 Å². The first-order valence-corrected chi connectivity index (χ1v) is 30.3. The molecule has 0 radical (unpaired) electrons. The Bertz CT molecular complexity index is 1660. The molecule has 0 saturated carbocycles. The monoisotopic (exact) mass is 1030 g/mol. The third kappa shape index (κ3) is 60.0. The molecule has 0 aliphatic rings. The van der Waals surface area contributed by atoms with Crippen molar-refractivity contribution in [1.82, 2.24) is 0 Å². The topological polar surface area (TPSA) is 78.9 Å². The minimum absolute atomic E-state index is 0.119. The largest absolute Gasteiger partial charge is 0.462 e. The Labute approximate surface area is 461 Å². The summed E-state index contributed by atoms with van der Waals surface area (Å²) >= 11 is 0. The molecule has 422 valence electrons. The van der Waals surface area contributed by atoms with Crippen LogP contribution in [0.2, 0.25) is 0 Å². The van der Waals surface area contributed by atoms with Gasteiger partial charge in [0.05, 0.1) is 0 Å². The van der Waals surface area contributed by atoms with Gasteiger partial charge in [-0.3, -0.25) is 14.4 Å². The Kier molecular flexibility index (Phi) is 58.0. The van der Waals surface area contributed by atoms with Crippen molar-refractivity contribution < 1.29 is 28.6 Å². The van der Waals surface area contributed by atoms with Crippen LogP contribution < -0.4 is 0 Å². The molecular weight excluding hydrogens is 925 g/mol. The second-order valence-corrected chi connectivity index (χ2v) is 19.5. The number of carbonyl (C=O) groups excluding carboxylic acids is 3. The molecule has 0 saturated heterocycles. The minimum Gasteiger partial charge on any atom is -0.462 e. The van der Waals surface area contributed by atoms with Gasteiger partial charge in [-0.15, -0.1) is 0 Å². The predicted molar refractivity (Wildman–Crippen MR) is 325 cm³/mol. The van der Waals surface area contributed by atoms with Crippen LogP contribution in [0.4, 0.5) is 0 Å². The van der Waals surface area contributed by atoms with E-state index in [0.29, 0.717) is 12.8 Å². The normalized spacial score (nSPS) is 13.2. The lowest BCUT2D eigenvalue weighted by Crippen LogP contribution is -2.30. The van der Waals surface area contributed by atoms with Gasteiger partial charge in [-0.1, -0.05) is 244 Å². The summed E-state index contributed by atoms with van der Waals surface area (Å²) in [6.07, 6.45) is 88.4. The zero-order valence-corrected chi connectivity index (χ0v) is 48.3. The van der Waals surface area contributed by atoms with Gasteiger partial charge in [-0.25, -0.2) is 0 Å². The number of rotatable bonds is 53. The van der Waals surface area contributed by atoms with Gasteiger partial charge < -0.3 is 14.2 Å². The van der Waals surface area contributed by atoms with E-state index in [-0.39, 0.29) is 44.0 Å². The van der Waals surface area contributed by atoms with Crippen LogP contribution in [0.1, 0.15) is 252 Å². The Hall–Kier alpha value is -4.71. The summed E-state index contributed by atoms with van der Waals surface area (Å²) in [5.41, 5.74) is 0. The Balaban J connectivity index is 4.58. The van der Waals surface area contributed by atoms with Gasteiger partial charge in [0.2, 0.25) is 0 Å². The van der Waals surface area contributed by atoms with Crippen LogP contribution in [0.15, 0.2) is 146 Å². The van der Waals surface area contributed by atoms with Crippen LogP contribution in [0.25, 0.3) is 0 Å². The number of allylic oxidation sites excluding steroid dienone is 24. The van der Waals surface area contributed by atoms with Gasteiger partial charge in [0.15, 0.2) is 6.10 Å². The van der Waals surface area contributed by atoms with Crippen LogP contribution in [0.3, 0.4) is 0 Å². The van der Waals surface area contributed by atoms with E-state index in [4.69, 9.17) is 14.2 Å². The molecule has 0 amide bonds. The number of ether oxygens (including phenoxy) is 3. The van der Waals surface area contributed by atoms with Gasteiger partial charge >= 0.3 is 17.9 Å². The molecule has 0 aliphatic carbocycles. The SMILES string of the molecule is CC/C=C\C/C=C\C/C=C\C/C=C\C/C=C\C/C=C\CCC(=O)OCC(COC(=O)CCCCCCCC/C=C\C/C=C\C/C=C\CCCCC)OC(=O)CCCCCCCC/C=C\C/C=C\C/C=C\CCCCC. The van der Waals surface area contributed by atoms with Gasteiger partial charge in [0, 0.05) is 19.3 Å². The standard InChI is InChI=1S/C69H110O6/c1-4-7-10-13-16-19-22-25-28-31-34-37-40-43-46-49-52-55-58-61-67(70)73-64-66(75-69(72)63-60-57-54-51-48-45-42-39-36-33-30-27-24-21-18-15-12-9-6-3)65-74-68(71)62-59-56-53-50-47-44-41-38-35-32-29-26-23-20-17-14-11-8-5-2/h7,10,16-21,25-30,34-39,43,46,52,55,66H,4-6,8-9,11-15,22-24,31-33,40-42,44-45,47-51,53-54,56-65H2,1-3H3/b10-7-,19-16-,20-17-,21-18-,28-25-,29-26-,30-27-,37-34-,38-35-,39-36-,46-43-,55-52-. The number of hydrogen-bond acceptors (Lipinski definition) is 6. The summed E-state index contributed by atoms with van der Waals surface area (Å²) < 4.78 is 16.8. The van der Waals surface area contributed by atoms with Crippen LogP contribution in [-0.2, 0) is 28.6 Å². The minimum atomic E-state index is -0.829. The number of carbonyl (C=O) groups is 3. The predicted octanol–water partition coefficient (Wildman–Crippen LogP) is 20.8. The molecule has 0 bridgehead atoms. The molecule has 0 N–H and O–H groups in total. The highest BCUT2D eigenvalue weighted by molar-refractivity contribution is 5.71. The highest BCUT2D eigenvalue weighted by Gasteiger charge is 2.19. The van der Waals surface area contributed by atoms with E-state index < -0.39 is 6.10 Å². The maximum Gasteiger partial charge on any atom is 0.306 e. The van der Waals surface area contributed by atoms with Crippen molar-refractivity contribution in [3.63, 3.8) is 0 Å². The zero-order chi connectivity index (χ0) is 54.3. The van der Waals surface area contributed by atoms with Crippen molar-refractivity contribution in [3.05, 3.63) is 146 Å². The first kappa shape index (κ1) is 70.3. The molecule has 0 aromatic heterocycles. The highest BCUT2D eigenvalue weighted by atomic mass is 16.6. The number of esters is 3. The van der Waals surface area contributed by atoms with Gasteiger partial charge in [-0.2, -0.15) is 0 Å². The number of unbranched alkanes of at least 4 members (excludes halogenated alkanes) is 18. The van der Waals surface area contributed by atoms with E-state index in [0.717, 1.165) is 128 Å². The lowest BCUT2D eigenvalue weighted by atomic mass is 10.1. The molecule has 0 spiro atoms. The molecular formula is C69H110O6. The van der Waals surface area contributed by atoms with Crippen LogP contribution in [0.5, 0.6) is 0 Å². The third-order valence-electron chi connectivity index (χ3n) is 12.3. The Morgan fingerprint density at radius 3 is 0.893 bits per heavy atom. The summed E-state index contributed by atoms with van der Waals surface area (Å²) in [6.45, 7) is 6.38. The van der Waals surface area contributed by atoms with Crippen molar-refractivity contribution in [2.45, 2.75) is 258 Å². The maximum absolute atomic E-state index is 12.9. The second kappa shape index (κ2) is 61.8. The van der Waals surface area contributed by atoms with E-state index in [1.54, 1.807) is 0 Å². The number of hydrogen-bond donors (Lipinski definition) is 0. The van der Waals surface area contributed by atoms with Gasteiger partial charge in [0.25, 0.3) is 0 Å². The Morgan fingerprint density at radius 2 is 0.547 bits per heavy atom. The lowest BCUT2D eigenvalue weighted by Gasteiger charge is -2.18. The molecule has 1 atom stereocenters. The lowest BCUT2D eigenvalue weighted by molar-refractivity contribution is -0.166. The van der Waals surface area contributed by atoms with Crippen LogP contribution >= 0.6 is 0 Å². The smallest absolute Gasteiger partial charge is 0.306 e. The molecule has 0 heterocycles. The molecule has 0 aromatic rings. The fourth-order valence-corrected chi connectivity index (χ4v) is 7.78. The molecule has 6 heteroatoms. The van der Waals surface area contributed by atoms with Crippen LogP contribution in [-0.4, -0.2) is 37.2 Å². The molecule has 6 nitrogen and oxygen atoms in total. The quantitative estimate of drug-likeness (QED) is 0.0261. The second-order valence-electron chi connectivity index (χ2n) is 19.5. The van der Waals surface area contributed by atoms with Crippen molar-refractivity contribution in [2.24, 2.45) is 0 Å². The van der Waals surface area contributed by atoms with Crippen molar-refractivity contribution in [3.8, 4) is 0 Å². The summed E-state index contributed by atoms with van der Waals surface area (Å²) in [5.74, 6) is -1.03. The van der Waals surface area contributed by atoms with Crippen molar-refractivity contribution >= 4 is 17.9 Å². The van der Waals surface area contributed by atoms with E-state index in [9.17, 15) is 14.4 Å². The first-order chi connectivity index (χ1) is 37.0. The van der Waals surface area contributed by atoms with Gasteiger partial charge in [0.1, 0.15) is 13.2 Å².